The highest BCUT2D eigenvalue weighted by molar-refractivity contribution is 7.15. The molecule has 1 aromatic rings. The summed E-state index contributed by atoms with van der Waals surface area (Å²) in [5, 5.41) is 3.16. The molecule has 1 aliphatic heterocycles. The summed E-state index contributed by atoms with van der Waals surface area (Å²) in [7, 11) is 0. The molecule has 0 aromatic carbocycles. The van der Waals surface area contributed by atoms with Crippen molar-refractivity contribution in [1.29, 1.82) is 0 Å². The highest BCUT2D eigenvalue weighted by atomic mass is 32.1. The van der Waals surface area contributed by atoms with Gasteiger partial charge in [0.25, 0.3) is 0 Å². The lowest BCUT2D eigenvalue weighted by Crippen LogP contribution is -2.62. The zero-order valence-corrected chi connectivity index (χ0v) is 13.4. The molecule has 0 saturated carbocycles. The second-order valence-corrected chi connectivity index (χ2v) is 6.88. The molecule has 0 spiro atoms. The number of nitrogen functional groups attached to an aromatic ring is 1. The van der Waals surface area contributed by atoms with Crippen LogP contribution in [0.1, 0.15) is 17.7 Å². The Morgan fingerprint density at radius 1 is 1.48 bits per heavy atom. The summed E-state index contributed by atoms with van der Waals surface area (Å²) >= 11 is 1.41. The van der Waals surface area contributed by atoms with E-state index < -0.39 is 6.04 Å². The Morgan fingerprint density at radius 3 is 3.00 bits per heavy atom. The molecule has 7 heteroatoms. The van der Waals surface area contributed by atoms with Crippen LogP contribution in [-0.4, -0.2) is 29.5 Å². The third-order valence-electron chi connectivity index (χ3n) is 4.07. The molecule has 2 heterocycles. The zero-order chi connectivity index (χ0) is 16.2. The quantitative estimate of drug-likeness (QED) is 0.607. The van der Waals surface area contributed by atoms with Gasteiger partial charge in [-0.25, -0.2) is 9.78 Å². The van der Waals surface area contributed by atoms with Gasteiger partial charge in [-0.15, -0.1) is 11.3 Å². The van der Waals surface area contributed by atoms with E-state index in [-0.39, 0.29) is 23.7 Å². The van der Waals surface area contributed by atoms with Gasteiger partial charge in [-0.1, -0.05) is 24.3 Å². The van der Waals surface area contributed by atoms with Crippen molar-refractivity contribution in [3.05, 3.63) is 35.4 Å². The maximum atomic E-state index is 12.1. The highest BCUT2D eigenvalue weighted by Gasteiger charge is 2.44. The van der Waals surface area contributed by atoms with Crippen LogP contribution in [0.2, 0.25) is 0 Å². The van der Waals surface area contributed by atoms with Crippen LogP contribution in [0, 0.1) is 11.8 Å². The maximum absolute atomic E-state index is 12.1. The third-order valence-corrected chi connectivity index (χ3v) is 4.96. The van der Waals surface area contributed by atoms with Crippen molar-refractivity contribution in [3.63, 3.8) is 0 Å². The standard InChI is InChI=1S/C16H19N3O3S/c17-16-18-8-11(23-16)6-7-12-13(19-14(12)20)15(21)22-9-10-4-2-1-3-5-10/h1-4,8,10,12-13H,5-7,9H2,(H2,17,18)(H,19,20)/t10?,12?,13-/m0/s1. The number of carbonyl (C=O) groups excluding carboxylic acids is 2. The van der Waals surface area contributed by atoms with E-state index in [9.17, 15) is 9.59 Å². The SMILES string of the molecule is Nc1ncc(CCC2C(=O)N[C@@H]2C(=O)OCC2C=CC=CC2)s1. The number of thiazole rings is 1. The lowest BCUT2D eigenvalue weighted by atomic mass is 9.86. The molecule has 23 heavy (non-hydrogen) atoms. The Hall–Kier alpha value is -2.15. The Bertz CT molecular complexity index is 653. The van der Waals surface area contributed by atoms with Gasteiger partial charge in [0.1, 0.15) is 6.04 Å². The predicted molar refractivity (Wildman–Crippen MR) is 87.6 cm³/mol. The number of β-lactam (4-membered cyclic amide) rings is 1. The fourth-order valence-electron chi connectivity index (χ4n) is 2.71. The van der Waals surface area contributed by atoms with Gasteiger partial charge in [-0.3, -0.25) is 4.79 Å². The molecule has 3 rings (SSSR count). The Balaban J connectivity index is 1.46. The minimum Gasteiger partial charge on any atom is -0.464 e. The first-order valence-electron chi connectivity index (χ1n) is 7.64. The van der Waals surface area contributed by atoms with Crippen molar-refractivity contribution in [1.82, 2.24) is 10.3 Å². The van der Waals surface area contributed by atoms with Gasteiger partial charge in [0, 0.05) is 17.0 Å². The zero-order valence-electron chi connectivity index (χ0n) is 12.6. The van der Waals surface area contributed by atoms with E-state index in [1.807, 2.05) is 24.3 Å². The van der Waals surface area contributed by atoms with Crippen molar-refractivity contribution in [2.45, 2.75) is 25.3 Å². The fraction of sp³-hybridized carbons (Fsp3) is 0.438. The van der Waals surface area contributed by atoms with E-state index in [1.165, 1.54) is 11.3 Å². The Morgan fingerprint density at radius 2 is 2.35 bits per heavy atom. The van der Waals surface area contributed by atoms with Crippen molar-refractivity contribution < 1.29 is 14.3 Å². The monoisotopic (exact) mass is 333 g/mol. The molecule has 2 unspecified atom stereocenters. The van der Waals surface area contributed by atoms with E-state index in [4.69, 9.17) is 10.5 Å². The highest BCUT2D eigenvalue weighted by Crippen LogP contribution is 2.25. The summed E-state index contributed by atoms with van der Waals surface area (Å²) in [5.41, 5.74) is 5.59. The first-order valence-corrected chi connectivity index (χ1v) is 8.45. The molecule has 122 valence electrons. The number of nitrogens with zero attached hydrogens (tertiary/aromatic N) is 1. The second-order valence-electron chi connectivity index (χ2n) is 5.74. The molecule has 1 fully saturated rings. The molecule has 1 amide bonds. The van der Waals surface area contributed by atoms with Crippen LogP contribution in [0.3, 0.4) is 0 Å². The normalized spacial score (nSPS) is 25.7. The number of amides is 1. The molecular weight excluding hydrogens is 314 g/mol. The average Bonchev–Trinajstić information content (AvgIpc) is 2.96. The largest absolute Gasteiger partial charge is 0.464 e. The number of hydrogen-bond donors (Lipinski definition) is 2. The van der Waals surface area contributed by atoms with E-state index in [2.05, 4.69) is 10.3 Å². The smallest absolute Gasteiger partial charge is 0.329 e. The van der Waals surface area contributed by atoms with Crippen LogP contribution >= 0.6 is 11.3 Å². The number of nitrogens with two attached hydrogens (primary N) is 1. The molecule has 2 aliphatic rings. The first kappa shape index (κ1) is 15.7. The molecule has 6 nitrogen and oxygen atoms in total. The molecule has 1 saturated heterocycles. The number of allylic oxidation sites excluding steroid dienone is 3. The summed E-state index contributed by atoms with van der Waals surface area (Å²) in [4.78, 5) is 28.8. The molecule has 0 bridgehead atoms. The fourth-order valence-corrected chi connectivity index (χ4v) is 3.41. The summed E-state index contributed by atoms with van der Waals surface area (Å²) < 4.78 is 5.35. The van der Waals surface area contributed by atoms with Gasteiger partial charge >= 0.3 is 5.97 Å². The van der Waals surface area contributed by atoms with Crippen LogP contribution in [0.5, 0.6) is 0 Å². The van der Waals surface area contributed by atoms with Crippen molar-refractivity contribution in [2.75, 3.05) is 12.3 Å². The molecule has 3 N–H and O–H groups in total. The van der Waals surface area contributed by atoms with Crippen LogP contribution in [0.25, 0.3) is 0 Å². The Labute approximate surface area is 138 Å². The maximum Gasteiger partial charge on any atom is 0.329 e. The topological polar surface area (TPSA) is 94.3 Å². The van der Waals surface area contributed by atoms with Gasteiger partial charge in [0.05, 0.1) is 12.5 Å². The van der Waals surface area contributed by atoms with Gasteiger partial charge in [0.2, 0.25) is 5.91 Å². The number of anilines is 1. The number of aromatic nitrogens is 1. The van der Waals surface area contributed by atoms with E-state index in [1.54, 1.807) is 6.20 Å². The van der Waals surface area contributed by atoms with Gasteiger partial charge in [0.15, 0.2) is 5.13 Å². The molecule has 0 radical (unpaired) electrons. The lowest BCUT2D eigenvalue weighted by molar-refractivity contribution is -0.158. The summed E-state index contributed by atoms with van der Waals surface area (Å²) in [6, 6.07) is -0.532. The van der Waals surface area contributed by atoms with Crippen LogP contribution in [0.4, 0.5) is 5.13 Å². The number of rotatable bonds is 6. The number of hydrogen-bond acceptors (Lipinski definition) is 6. The summed E-state index contributed by atoms with van der Waals surface area (Å²) in [5.74, 6) is -0.544. The molecule has 3 atom stereocenters. The van der Waals surface area contributed by atoms with E-state index in [0.717, 1.165) is 11.3 Å². The number of carbonyl (C=O) groups is 2. The lowest BCUT2D eigenvalue weighted by Gasteiger charge is -2.35. The van der Waals surface area contributed by atoms with E-state index in [0.29, 0.717) is 24.6 Å². The van der Waals surface area contributed by atoms with Gasteiger partial charge in [-0.2, -0.15) is 0 Å². The van der Waals surface area contributed by atoms with Crippen LogP contribution in [-0.2, 0) is 20.7 Å². The summed E-state index contributed by atoms with van der Waals surface area (Å²) in [6.45, 7) is 0.351. The van der Waals surface area contributed by atoms with Crippen molar-refractivity contribution in [3.8, 4) is 0 Å². The predicted octanol–water partition coefficient (Wildman–Crippen LogP) is 1.45. The van der Waals surface area contributed by atoms with Gasteiger partial charge < -0.3 is 15.8 Å². The molecular formula is C16H19N3O3S. The second kappa shape index (κ2) is 6.95. The van der Waals surface area contributed by atoms with Crippen LogP contribution < -0.4 is 11.1 Å². The average molecular weight is 333 g/mol. The minimum absolute atomic E-state index is 0.0927. The van der Waals surface area contributed by atoms with Gasteiger partial charge in [-0.05, 0) is 19.3 Å². The number of nitrogens with one attached hydrogen (secondary N) is 1. The third kappa shape index (κ3) is 3.79. The van der Waals surface area contributed by atoms with E-state index >= 15 is 0 Å². The number of ether oxygens (including phenoxy) is 1. The summed E-state index contributed by atoms with van der Waals surface area (Å²) in [6.07, 6.45) is 11.9. The number of aryl methyl sites for hydroxylation is 1. The first-order chi connectivity index (χ1) is 11.1. The van der Waals surface area contributed by atoms with Crippen molar-refractivity contribution in [2.24, 2.45) is 11.8 Å². The Kier molecular flexibility index (Phi) is 4.76. The minimum atomic E-state index is -0.532. The molecule has 1 aromatic heterocycles. The molecule has 1 aliphatic carbocycles. The van der Waals surface area contributed by atoms with Crippen LogP contribution in [0.15, 0.2) is 30.5 Å². The van der Waals surface area contributed by atoms with Crippen molar-refractivity contribution >= 4 is 28.3 Å². The number of esters is 1.